The molecule has 3 rings (SSSR count). The summed E-state index contributed by atoms with van der Waals surface area (Å²) in [5.74, 6) is -0.199. The number of carbonyl (C=O) groups is 2. The highest BCUT2D eigenvalue weighted by Gasteiger charge is 2.21. The molecule has 0 aliphatic carbocycles. The molecule has 114 valence electrons. The van der Waals surface area contributed by atoms with Crippen LogP contribution in [-0.4, -0.2) is 48.0 Å². The minimum atomic E-state index is -0.167. The Kier molecular flexibility index (Phi) is 4.02. The van der Waals surface area contributed by atoms with Crippen LogP contribution in [0.2, 0.25) is 0 Å². The van der Waals surface area contributed by atoms with Crippen molar-refractivity contribution in [1.82, 2.24) is 9.88 Å². The van der Waals surface area contributed by atoms with Crippen molar-refractivity contribution in [2.75, 3.05) is 31.6 Å². The Morgan fingerprint density at radius 3 is 2.73 bits per heavy atom. The molecule has 1 N–H and O–H groups in total. The third-order valence-electron chi connectivity index (χ3n) is 3.61. The van der Waals surface area contributed by atoms with Gasteiger partial charge >= 0.3 is 0 Å². The molecule has 1 aliphatic heterocycles. The molecule has 0 radical (unpaired) electrons. The molecule has 1 aliphatic rings. The fourth-order valence-electron chi connectivity index (χ4n) is 2.59. The molecule has 2 amide bonds. The van der Waals surface area contributed by atoms with Crippen LogP contribution in [-0.2, 0) is 9.53 Å². The van der Waals surface area contributed by atoms with Gasteiger partial charge in [-0.1, -0.05) is 12.1 Å². The van der Waals surface area contributed by atoms with Crippen LogP contribution >= 0.6 is 0 Å². The number of morpholine rings is 1. The van der Waals surface area contributed by atoms with E-state index in [1.807, 2.05) is 12.1 Å². The summed E-state index contributed by atoms with van der Waals surface area (Å²) in [6.45, 7) is 3.75. The largest absolute Gasteiger partial charge is 0.378 e. The average molecular weight is 299 g/mol. The van der Waals surface area contributed by atoms with Crippen molar-refractivity contribution in [3.05, 3.63) is 36.0 Å². The summed E-state index contributed by atoms with van der Waals surface area (Å²) < 4.78 is 5.28. The predicted octanol–water partition coefficient (Wildman–Crippen LogP) is 1.67. The van der Waals surface area contributed by atoms with Crippen molar-refractivity contribution in [3.8, 4) is 0 Å². The van der Waals surface area contributed by atoms with Gasteiger partial charge in [0.15, 0.2) is 0 Å². The number of hydrogen-bond acceptors (Lipinski definition) is 4. The molecule has 2 heterocycles. The Bertz CT molecular complexity index is 724. The summed E-state index contributed by atoms with van der Waals surface area (Å²) in [5, 5.41) is 3.49. The van der Waals surface area contributed by atoms with Crippen molar-refractivity contribution in [2.45, 2.75) is 6.92 Å². The highest BCUT2D eigenvalue weighted by molar-refractivity contribution is 6.10. The molecule has 1 aromatic carbocycles. The average Bonchev–Trinajstić information content (AvgIpc) is 2.54. The summed E-state index contributed by atoms with van der Waals surface area (Å²) in [7, 11) is 0. The van der Waals surface area contributed by atoms with E-state index in [9.17, 15) is 9.59 Å². The molecule has 0 spiro atoms. The minimum Gasteiger partial charge on any atom is -0.378 e. The molecule has 0 saturated carbocycles. The maximum atomic E-state index is 12.7. The summed E-state index contributed by atoms with van der Waals surface area (Å²) >= 11 is 0. The van der Waals surface area contributed by atoms with E-state index in [2.05, 4.69) is 10.3 Å². The lowest BCUT2D eigenvalue weighted by molar-refractivity contribution is -0.114. The first-order valence-electron chi connectivity index (χ1n) is 7.19. The molecule has 1 aromatic heterocycles. The van der Waals surface area contributed by atoms with E-state index in [1.165, 1.54) is 6.92 Å². The molecule has 1 saturated heterocycles. The number of benzene rings is 1. The van der Waals surface area contributed by atoms with Gasteiger partial charge in [-0.3, -0.25) is 14.6 Å². The second-order valence-electron chi connectivity index (χ2n) is 5.15. The SMILES string of the molecule is CC(=O)Nc1cccc2c(C(=O)N3CCOCC3)ccnc12. The highest BCUT2D eigenvalue weighted by atomic mass is 16.5. The number of rotatable bonds is 2. The number of ether oxygens (including phenoxy) is 1. The van der Waals surface area contributed by atoms with Gasteiger partial charge in [-0.2, -0.15) is 0 Å². The number of anilines is 1. The van der Waals surface area contributed by atoms with Gasteiger partial charge in [0.05, 0.1) is 30.0 Å². The molecule has 0 unspecified atom stereocenters. The van der Waals surface area contributed by atoms with Crippen molar-refractivity contribution in [2.24, 2.45) is 0 Å². The van der Waals surface area contributed by atoms with E-state index in [0.717, 1.165) is 5.39 Å². The zero-order valence-corrected chi connectivity index (χ0v) is 12.3. The fourth-order valence-corrected chi connectivity index (χ4v) is 2.59. The number of nitrogens with zero attached hydrogens (tertiary/aromatic N) is 2. The topological polar surface area (TPSA) is 71.5 Å². The summed E-state index contributed by atoms with van der Waals surface area (Å²) in [5.41, 5.74) is 1.83. The standard InChI is InChI=1S/C16H17N3O3/c1-11(20)18-14-4-2-3-12-13(5-6-17-15(12)14)16(21)19-7-9-22-10-8-19/h2-6H,7-10H2,1H3,(H,18,20). The van der Waals surface area contributed by atoms with Gasteiger partial charge in [-0.05, 0) is 12.1 Å². The fraction of sp³-hybridized carbons (Fsp3) is 0.312. The third kappa shape index (κ3) is 2.78. The van der Waals surface area contributed by atoms with Crippen molar-refractivity contribution in [1.29, 1.82) is 0 Å². The second kappa shape index (κ2) is 6.11. The lowest BCUT2D eigenvalue weighted by atomic mass is 10.1. The minimum absolute atomic E-state index is 0.0318. The van der Waals surface area contributed by atoms with E-state index in [4.69, 9.17) is 4.74 Å². The molecule has 6 nitrogen and oxygen atoms in total. The molecule has 22 heavy (non-hydrogen) atoms. The van der Waals surface area contributed by atoms with Gasteiger partial charge in [0.25, 0.3) is 5.91 Å². The van der Waals surface area contributed by atoms with Crippen LogP contribution in [0.4, 0.5) is 5.69 Å². The monoisotopic (exact) mass is 299 g/mol. The van der Waals surface area contributed by atoms with Gasteiger partial charge in [0, 0.05) is 31.6 Å². The Hall–Kier alpha value is -2.47. The van der Waals surface area contributed by atoms with Crippen LogP contribution in [0.1, 0.15) is 17.3 Å². The first kappa shape index (κ1) is 14.5. The van der Waals surface area contributed by atoms with E-state index in [-0.39, 0.29) is 11.8 Å². The molecular weight excluding hydrogens is 282 g/mol. The number of nitrogens with one attached hydrogen (secondary N) is 1. The predicted molar refractivity (Wildman–Crippen MR) is 82.8 cm³/mol. The molecular formula is C16H17N3O3. The number of aromatic nitrogens is 1. The first-order chi connectivity index (χ1) is 10.7. The van der Waals surface area contributed by atoms with E-state index < -0.39 is 0 Å². The quantitative estimate of drug-likeness (QED) is 0.915. The Morgan fingerprint density at radius 1 is 1.23 bits per heavy atom. The Labute approximate surface area is 128 Å². The zero-order chi connectivity index (χ0) is 15.5. The maximum absolute atomic E-state index is 12.7. The molecule has 0 atom stereocenters. The normalized spacial score (nSPS) is 14.9. The Morgan fingerprint density at radius 2 is 2.00 bits per heavy atom. The summed E-state index contributed by atoms with van der Waals surface area (Å²) in [4.78, 5) is 30.1. The van der Waals surface area contributed by atoms with Gasteiger partial charge in [0.1, 0.15) is 0 Å². The zero-order valence-electron chi connectivity index (χ0n) is 12.3. The first-order valence-corrected chi connectivity index (χ1v) is 7.19. The number of amides is 2. The maximum Gasteiger partial charge on any atom is 0.254 e. The van der Waals surface area contributed by atoms with Crippen LogP contribution in [0.5, 0.6) is 0 Å². The van der Waals surface area contributed by atoms with Crippen molar-refractivity contribution >= 4 is 28.4 Å². The highest BCUT2D eigenvalue weighted by Crippen LogP contribution is 2.25. The van der Waals surface area contributed by atoms with E-state index >= 15 is 0 Å². The van der Waals surface area contributed by atoms with Crippen LogP contribution in [0.15, 0.2) is 30.5 Å². The molecule has 1 fully saturated rings. The lowest BCUT2D eigenvalue weighted by Gasteiger charge is -2.27. The van der Waals surface area contributed by atoms with Crippen LogP contribution in [0.25, 0.3) is 10.9 Å². The second-order valence-corrected chi connectivity index (χ2v) is 5.15. The molecule has 2 aromatic rings. The number of para-hydroxylation sites is 1. The van der Waals surface area contributed by atoms with Crippen LogP contribution < -0.4 is 5.32 Å². The number of fused-ring (bicyclic) bond motifs is 1. The number of pyridine rings is 1. The van der Waals surface area contributed by atoms with E-state index in [1.54, 1.807) is 23.2 Å². The van der Waals surface area contributed by atoms with Crippen molar-refractivity contribution in [3.63, 3.8) is 0 Å². The molecule has 0 bridgehead atoms. The lowest BCUT2D eigenvalue weighted by Crippen LogP contribution is -2.40. The molecule has 6 heteroatoms. The summed E-state index contributed by atoms with van der Waals surface area (Å²) in [6, 6.07) is 7.16. The summed E-state index contributed by atoms with van der Waals surface area (Å²) in [6.07, 6.45) is 1.60. The Balaban J connectivity index is 2.03. The van der Waals surface area contributed by atoms with Gasteiger partial charge in [-0.25, -0.2) is 0 Å². The number of carbonyl (C=O) groups excluding carboxylic acids is 2. The van der Waals surface area contributed by atoms with Crippen LogP contribution in [0.3, 0.4) is 0 Å². The van der Waals surface area contributed by atoms with Crippen LogP contribution in [0, 0.1) is 0 Å². The van der Waals surface area contributed by atoms with Gasteiger partial charge in [-0.15, -0.1) is 0 Å². The van der Waals surface area contributed by atoms with Crippen molar-refractivity contribution < 1.29 is 14.3 Å². The van der Waals surface area contributed by atoms with Gasteiger partial charge < -0.3 is 15.0 Å². The number of hydrogen-bond donors (Lipinski definition) is 1. The van der Waals surface area contributed by atoms with Gasteiger partial charge in [0.2, 0.25) is 5.91 Å². The van der Waals surface area contributed by atoms with E-state index in [0.29, 0.717) is 43.1 Å². The third-order valence-corrected chi connectivity index (χ3v) is 3.61. The smallest absolute Gasteiger partial charge is 0.254 e.